The van der Waals surface area contributed by atoms with Crippen molar-refractivity contribution in [3.8, 4) is 5.75 Å². The van der Waals surface area contributed by atoms with Gasteiger partial charge in [-0.3, -0.25) is 0 Å². The fraction of sp³-hybridized carbons (Fsp3) is 0.500. The minimum absolute atomic E-state index is 0. The van der Waals surface area contributed by atoms with E-state index in [9.17, 15) is 0 Å². The van der Waals surface area contributed by atoms with Gasteiger partial charge < -0.3 is 4.52 Å². The predicted molar refractivity (Wildman–Crippen MR) is 74.6 cm³/mol. The number of benzene rings is 1. The number of hydrogen-bond donors (Lipinski definition) is 0. The molecule has 0 aliphatic heterocycles. The Kier molecular flexibility index (Phi) is 6.47. The second-order valence-electron chi connectivity index (χ2n) is 4.39. The molecule has 0 N–H and O–H groups in total. The first-order valence-electron chi connectivity index (χ1n) is 5.01. The molecule has 1 aromatic carbocycles. The summed E-state index contributed by atoms with van der Waals surface area (Å²) in [5.74, 6) is 1.61. The van der Waals surface area contributed by atoms with Gasteiger partial charge in [0.25, 0.3) is 0 Å². The van der Waals surface area contributed by atoms with Crippen molar-refractivity contribution in [3.63, 3.8) is 0 Å². The van der Waals surface area contributed by atoms with Crippen LogP contribution in [0.3, 0.4) is 0 Å². The zero-order valence-electron chi connectivity index (χ0n) is 9.78. The first-order valence-corrected chi connectivity index (χ1v) is 5.92. The van der Waals surface area contributed by atoms with E-state index in [1.54, 1.807) is 0 Å². The Bertz CT molecular complexity index is 272. The molecule has 1 rings (SSSR count). The van der Waals surface area contributed by atoms with Gasteiger partial charge in [-0.2, -0.15) is 0 Å². The molecular formula is C12H20BrOP. The van der Waals surface area contributed by atoms with E-state index < -0.39 is 0 Å². The highest BCUT2D eigenvalue weighted by Gasteiger charge is 2.23. The lowest BCUT2D eigenvalue weighted by molar-refractivity contribution is 0.467. The van der Waals surface area contributed by atoms with E-state index in [2.05, 4.69) is 27.7 Å². The van der Waals surface area contributed by atoms with Crippen LogP contribution in [0.2, 0.25) is 0 Å². The molecule has 0 heterocycles. The van der Waals surface area contributed by atoms with Gasteiger partial charge in [-0.25, -0.2) is 0 Å². The summed E-state index contributed by atoms with van der Waals surface area (Å²) in [7, 11) is 0.517. The summed E-state index contributed by atoms with van der Waals surface area (Å²) < 4.78 is 5.76. The van der Waals surface area contributed by atoms with E-state index >= 15 is 0 Å². The molecule has 1 aromatic rings. The maximum Gasteiger partial charge on any atom is 0.122 e. The first kappa shape index (κ1) is 14.9. The molecule has 86 valence electrons. The number of halogens is 1. The maximum atomic E-state index is 5.76. The summed E-state index contributed by atoms with van der Waals surface area (Å²) in [6.07, 6.45) is 0. The van der Waals surface area contributed by atoms with Crippen LogP contribution in [0.4, 0.5) is 0 Å². The van der Waals surface area contributed by atoms with Gasteiger partial charge in [0.1, 0.15) is 5.75 Å². The standard InChI is InChI=1S/C12H19OP.BrH/c1-10(2)12(3,4)14-13-11-8-6-5-7-9-11;/h5-10,14H,1-4H3;1H. The Morgan fingerprint density at radius 3 is 2.13 bits per heavy atom. The normalized spacial score (nSPS) is 11.8. The molecule has 0 amide bonds. The Morgan fingerprint density at radius 1 is 1.13 bits per heavy atom. The number of para-hydroxylation sites is 1. The Balaban J connectivity index is 0.00000196. The highest BCUT2D eigenvalue weighted by atomic mass is 79.9. The van der Waals surface area contributed by atoms with Crippen LogP contribution in [0.5, 0.6) is 5.75 Å². The van der Waals surface area contributed by atoms with Crippen LogP contribution in [0.1, 0.15) is 27.7 Å². The third-order valence-electron chi connectivity index (χ3n) is 2.62. The number of rotatable bonds is 4. The third kappa shape index (κ3) is 4.99. The first-order chi connectivity index (χ1) is 6.52. The van der Waals surface area contributed by atoms with Crippen LogP contribution in [0.25, 0.3) is 0 Å². The molecule has 0 aliphatic carbocycles. The lowest BCUT2D eigenvalue weighted by atomic mass is 10.00. The topological polar surface area (TPSA) is 9.23 Å². The summed E-state index contributed by atoms with van der Waals surface area (Å²) in [5, 5.41) is 0.260. The molecular weight excluding hydrogens is 271 g/mol. The van der Waals surface area contributed by atoms with E-state index in [-0.39, 0.29) is 22.1 Å². The molecule has 0 bridgehead atoms. The van der Waals surface area contributed by atoms with Gasteiger partial charge in [0, 0.05) is 5.16 Å². The van der Waals surface area contributed by atoms with E-state index in [4.69, 9.17) is 4.52 Å². The van der Waals surface area contributed by atoms with E-state index in [1.807, 2.05) is 30.3 Å². The minimum Gasteiger partial charge on any atom is -0.477 e. The van der Waals surface area contributed by atoms with Gasteiger partial charge >= 0.3 is 0 Å². The van der Waals surface area contributed by atoms with Crippen LogP contribution in [0.15, 0.2) is 30.3 Å². The third-order valence-corrected chi connectivity index (χ3v) is 4.06. The summed E-state index contributed by atoms with van der Waals surface area (Å²) in [4.78, 5) is 0. The minimum atomic E-state index is 0. The fourth-order valence-electron chi connectivity index (χ4n) is 0.797. The SMILES string of the molecule is Br.CC(C)C(C)(C)POc1ccccc1. The van der Waals surface area contributed by atoms with Gasteiger partial charge in [0.2, 0.25) is 0 Å². The van der Waals surface area contributed by atoms with Gasteiger partial charge in [-0.1, -0.05) is 45.9 Å². The highest BCUT2D eigenvalue weighted by molar-refractivity contribution is 8.93. The molecule has 3 heteroatoms. The fourth-order valence-corrected chi connectivity index (χ4v) is 1.55. The number of hydrogen-bond acceptors (Lipinski definition) is 1. The molecule has 1 unspecified atom stereocenters. The molecule has 15 heavy (non-hydrogen) atoms. The van der Waals surface area contributed by atoms with Gasteiger partial charge in [0.15, 0.2) is 0 Å². The molecule has 0 spiro atoms. The van der Waals surface area contributed by atoms with Crippen molar-refractivity contribution in [3.05, 3.63) is 30.3 Å². The van der Waals surface area contributed by atoms with E-state index in [0.29, 0.717) is 14.7 Å². The molecule has 1 atom stereocenters. The predicted octanol–water partition coefficient (Wildman–Crippen LogP) is 4.67. The van der Waals surface area contributed by atoms with Gasteiger partial charge in [0.05, 0.1) is 8.81 Å². The lowest BCUT2D eigenvalue weighted by Crippen LogP contribution is -2.21. The van der Waals surface area contributed by atoms with Crippen molar-refractivity contribution in [2.75, 3.05) is 0 Å². The molecule has 0 saturated heterocycles. The average molecular weight is 291 g/mol. The molecule has 0 saturated carbocycles. The molecule has 0 aliphatic rings. The van der Waals surface area contributed by atoms with Crippen molar-refractivity contribution < 1.29 is 4.52 Å². The average Bonchev–Trinajstić information content (AvgIpc) is 2.16. The monoisotopic (exact) mass is 290 g/mol. The molecule has 0 radical (unpaired) electrons. The van der Waals surface area contributed by atoms with Crippen LogP contribution < -0.4 is 4.52 Å². The summed E-state index contributed by atoms with van der Waals surface area (Å²) in [6, 6.07) is 10.0. The van der Waals surface area contributed by atoms with Crippen molar-refractivity contribution in [2.24, 2.45) is 5.92 Å². The van der Waals surface area contributed by atoms with Crippen LogP contribution in [-0.2, 0) is 0 Å². The van der Waals surface area contributed by atoms with Crippen molar-refractivity contribution in [2.45, 2.75) is 32.9 Å². The van der Waals surface area contributed by atoms with Crippen LogP contribution >= 0.6 is 25.8 Å². The molecule has 1 nitrogen and oxygen atoms in total. The summed E-state index contributed by atoms with van der Waals surface area (Å²) in [5.41, 5.74) is 0. The van der Waals surface area contributed by atoms with Gasteiger partial charge in [-0.05, 0) is 18.1 Å². The van der Waals surface area contributed by atoms with Crippen molar-refractivity contribution in [1.29, 1.82) is 0 Å². The summed E-state index contributed by atoms with van der Waals surface area (Å²) >= 11 is 0. The lowest BCUT2D eigenvalue weighted by Gasteiger charge is -2.28. The smallest absolute Gasteiger partial charge is 0.122 e. The Morgan fingerprint density at radius 2 is 1.67 bits per heavy atom. The largest absolute Gasteiger partial charge is 0.477 e. The van der Waals surface area contributed by atoms with E-state index in [1.165, 1.54) is 0 Å². The Hall–Kier alpha value is -0.0700. The second-order valence-corrected chi connectivity index (χ2v) is 6.09. The summed E-state index contributed by atoms with van der Waals surface area (Å²) in [6.45, 7) is 8.97. The second kappa shape index (κ2) is 6.50. The van der Waals surface area contributed by atoms with E-state index in [0.717, 1.165) is 5.75 Å². The van der Waals surface area contributed by atoms with Crippen molar-refractivity contribution >= 4 is 25.8 Å². The van der Waals surface area contributed by atoms with Crippen LogP contribution in [-0.4, -0.2) is 5.16 Å². The quantitative estimate of drug-likeness (QED) is 0.732. The zero-order valence-corrected chi connectivity index (χ0v) is 12.5. The highest BCUT2D eigenvalue weighted by Crippen LogP contribution is 2.38. The van der Waals surface area contributed by atoms with Gasteiger partial charge in [-0.15, -0.1) is 17.0 Å². The van der Waals surface area contributed by atoms with Crippen molar-refractivity contribution in [1.82, 2.24) is 0 Å². The molecule has 0 fully saturated rings. The Labute approximate surface area is 105 Å². The maximum absolute atomic E-state index is 5.76. The van der Waals surface area contributed by atoms with Crippen LogP contribution in [0, 0.1) is 5.92 Å². The zero-order chi connectivity index (χ0) is 10.6. The molecule has 0 aromatic heterocycles.